The number of hydrogen-bond donors (Lipinski definition) is 1. The number of aliphatic imine (C=N–C) groups is 1. The summed E-state index contributed by atoms with van der Waals surface area (Å²) in [6, 6.07) is 2.60. The topological polar surface area (TPSA) is 52.1 Å². The summed E-state index contributed by atoms with van der Waals surface area (Å²) in [4.78, 5) is 8.70. The third-order valence-corrected chi connectivity index (χ3v) is 2.11. The average molecular weight is 300 g/mol. The number of hydrogen-bond acceptors (Lipinski definition) is 4. The molecule has 1 aromatic rings. The highest BCUT2D eigenvalue weighted by Crippen LogP contribution is 2.34. The molecule has 0 radical (unpaired) electrons. The maximum absolute atomic E-state index is 14.0. The van der Waals surface area contributed by atoms with Crippen LogP contribution >= 0.6 is 0 Å². The normalized spacial score (nSPS) is 9.55. The van der Waals surface area contributed by atoms with Crippen molar-refractivity contribution in [2.24, 2.45) is 4.99 Å². The van der Waals surface area contributed by atoms with Gasteiger partial charge in [-0.25, -0.2) is 9.38 Å². The van der Waals surface area contributed by atoms with Gasteiger partial charge in [0, 0.05) is 12.1 Å². The first-order valence-electron chi connectivity index (χ1n) is 6.02. The van der Waals surface area contributed by atoms with Crippen LogP contribution in [0.3, 0.4) is 0 Å². The van der Waals surface area contributed by atoms with Gasteiger partial charge in [0.15, 0.2) is 17.3 Å². The predicted molar refractivity (Wildman–Crippen MR) is 81.1 cm³/mol. The first kappa shape index (κ1) is 16.9. The number of hydroxylamine groups is 1. The minimum atomic E-state index is -0.679. The molecule has 0 bridgehead atoms. The minimum Gasteiger partial charge on any atom is -0.477 e. The van der Waals surface area contributed by atoms with Crippen molar-refractivity contribution >= 4 is 12.0 Å². The summed E-state index contributed by atoms with van der Waals surface area (Å²) in [5.74, 6) is 6.07. The summed E-state index contributed by atoms with van der Waals surface area (Å²) in [5, 5.41) is 0. The van der Waals surface area contributed by atoms with Gasteiger partial charge >= 0.3 is 0 Å². The lowest BCUT2D eigenvalue weighted by Crippen LogP contribution is -2.11. The molecule has 0 atom stereocenters. The van der Waals surface area contributed by atoms with E-state index in [4.69, 9.17) is 33.6 Å². The van der Waals surface area contributed by atoms with E-state index < -0.39 is 5.82 Å². The van der Waals surface area contributed by atoms with Gasteiger partial charge in [-0.15, -0.1) is 19.3 Å². The summed E-state index contributed by atoms with van der Waals surface area (Å²) in [5.41, 5.74) is 2.64. The van der Waals surface area contributed by atoms with Crippen molar-refractivity contribution in [3.63, 3.8) is 0 Å². The maximum Gasteiger partial charge on any atom is 0.198 e. The standard InChI is InChI=1S/C16H13FN2O3/c1-4-7-20-15-11-13(18-12-19-22-9-6-3)10-14(17)16(15)21-8-5-2/h1-3,10-12H,7-9H2,(H,18,19). The Balaban J connectivity index is 2.92. The minimum absolute atomic E-state index is 0.0530. The Morgan fingerprint density at radius 3 is 2.45 bits per heavy atom. The zero-order valence-corrected chi connectivity index (χ0v) is 11.6. The Kier molecular flexibility index (Phi) is 7.47. The number of halogens is 1. The molecule has 6 heteroatoms. The number of nitrogens with one attached hydrogen (secondary N) is 1. The van der Waals surface area contributed by atoms with Crippen LogP contribution in [0.5, 0.6) is 11.5 Å². The van der Waals surface area contributed by atoms with Crippen molar-refractivity contribution in [3.05, 3.63) is 17.9 Å². The summed E-state index contributed by atoms with van der Waals surface area (Å²) in [7, 11) is 0. The summed E-state index contributed by atoms with van der Waals surface area (Å²) < 4.78 is 24.3. The molecule has 0 aliphatic heterocycles. The summed E-state index contributed by atoms with van der Waals surface area (Å²) >= 11 is 0. The Morgan fingerprint density at radius 2 is 1.77 bits per heavy atom. The fourth-order valence-electron chi connectivity index (χ4n) is 1.33. The van der Waals surface area contributed by atoms with E-state index in [1.807, 2.05) is 0 Å². The third kappa shape index (κ3) is 5.46. The molecule has 0 fully saturated rings. The molecule has 0 aliphatic rings. The summed E-state index contributed by atoms with van der Waals surface area (Å²) in [6.07, 6.45) is 16.4. The Morgan fingerprint density at radius 1 is 1.09 bits per heavy atom. The molecule has 1 N–H and O–H groups in total. The van der Waals surface area contributed by atoms with Crippen molar-refractivity contribution < 1.29 is 18.7 Å². The van der Waals surface area contributed by atoms with Crippen LogP contribution in [0.2, 0.25) is 0 Å². The Labute approximate surface area is 128 Å². The average Bonchev–Trinajstić information content (AvgIpc) is 2.51. The molecule has 0 amide bonds. The molecule has 0 saturated carbocycles. The molecule has 0 heterocycles. The van der Waals surface area contributed by atoms with E-state index >= 15 is 0 Å². The van der Waals surface area contributed by atoms with Gasteiger partial charge in [-0.2, -0.15) is 0 Å². The van der Waals surface area contributed by atoms with Gasteiger partial charge < -0.3 is 9.47 Å². The second-order valence-corrected chi connectivity index (χ2v) is 3.61. The van der Waals surface area contributed by atoms with Crippen LogP contribution in [-0.2, 0) is 4.84 Å². The molecular formula is C16H13FN2O3. The molecule has 112 valence electrons. The molecule has 0 aromatic heterocycles. The predicted octanol–water partition coefficient (Wildman–Crippen LogP) is 1.66. The molecule has 22 heavy (non-hydrogen) atoms. The molecular weight excluding hydrogens is 287 g/mol. The zero-order valence-electron chi connectivity index (χ0n) is 11.6. The van der Waals surface area contributed by atoms with E-state index in [9.17, 15) is 4.39 Å². The largest absolute Gasteiger partial charge is 0.477 e. The second-order valence-electron chi connectivity index (χ2n) is 3.61. The van der Waals surface area contributed by atoms with E-state index in [1.165, 1.54) is 12.4 Å². The number of rotatable bonds is 8. The fourth-order valence-corrected chi connectivity index (χ4v) is 1.33. The van der Waals surface area contributed by atoms with E-state index in [0.29, 0.717) is 0 Å². The lowest BCUT2D eigenvalue weighted by atomic mass is 10.2. The van der Waals surface area contributed by atoms with Crippen LogP contribution in [0.1, 0.15) is 0 Å². The van der Waals surface area contributed by atoms with Gasteiger partial charge in [-0.1, -0.05) is 17.8 Å². The molecule has 5 nitrogen and oxygen atoms in total. The monoisotopic (exact) mass is 300 g/mol. The van der Waals surface area contributed by atoms with Gasteiger partial charge in [0.2, 0.25) is 0 Å². The van der Waals surface area contributed by atoms with Gasteiger partial charge in [0.05, 0.1) is 5.69 Å². The zero-order chi connectivity index (χ0) is 16.2. The van der Waals surface area contributed by atoms with Crippen LogP contribution in [0, 0.1) is 42.8 Å². The summed E-state index contributed by atoms with van der Waals surface area (Å²) in [6.45, 7) is -0.0915. The quantitative estimate of drug-likeness (QED) is 0.261. The SMILES string of the molecule is C#CCONC=Nc1cc(F)c(OCC#C)c(OCC#C)c1. The first-order valence-corrected chi connectivity index (χ1v) is 6.02. The van der Waals surface area contributed by atoms with Crippen molar-refractivity contribution in [2.75, 3.05) is 19.8 Å². The van der Waals surface area contributed by atoms with Crippen LogP contribution < -0.4 is 15.0 Å². The molecule has 0 saturated heterocycles. The smallest absolute Gasteiger partial charge is 0.198 e. The fraction of sp³-hybridized carbons (Fsp3) is 0.188. The highest BCUT2D eigenvalue weighted by Gasteiger charge is 2.13. The lowest BCUT2D eigenvalue weighted by molar-refractivity contribution is 0.119. The Bertz CT molecular complexity index is 651. The highest BCUT2D eigenvalue weighted by molar-refractivity contribution is 5.62. The van der Waals surface area contributed by atoms with Crippen molar-refractivity contribution in [1.29, 1.82) is 0 Å². The molecule has 0 aliphatic carbocycles. The van der Waals surface area contributed by atoms with E-state index in [0.717, 1.165) is 6.07 Å². The highest BCUT2D eigenvalue weighted by atomic mass is 19.1. The van der Waals surface area contributed by atoms with Crippen LogP contribution in [0.15, 0.2) is 17.1 Å². The van der Waals surface area contributed by atoms with Crippen LogP contribution in [0.4, 0.5) is 10.1 Å². The number of nitrogens with zero attached hydrogens (tertiary/aromatic N) is 1. The van der Waals surface area contributed by atoms with Crippen molar-refractivity contribution in [1.82, 2.24) is 5.48 Å². The van der Waals surface area contributed by atoms with Gasteiger partial charge in [0.25, 0.3) is 0 Å². The van der Waals surface area contributed by atoms with Gasteiger partial charge in [-0.3, -0.25) is 10.3 Å². The molecule has 1 rings (SSSR count). The number of terminal acetylenes is 3. The second kappa shape index (κ2) is 9.72. The number of benzene rings is 1. The molecule has 1 aromatic carbocycles. The molecule has 0 spiro atoms. The number of ether oxygens (including phenoxy) is 2. The van der Waals surface area contributed by atoms with E-state index in [1.54, 1.807) is 0 Å². The van der Waals surface area contributed by atoms with Crippen LogP contribution in [-0.4, -0.2) is 26.2 Å². The first-order chi connectivity index (χ1) is 10.7. The van der Waals surface area contributed by atoms with Crippen molar-refractivity contribution in [3.8, 4) is 48.5 Å². The van der Waals surface area contributed by atoms with Gasteiger partial charge in [0.1, 0.15) is 26.2 Å². The van der Waals surface area contributed by atoms with E-state index in [2.05, 4.69) is 28.2 Å². The Hall–Kier alpha value is -3.14. The van der Waals surface area contributed by atoms with Crippen molar-refractivity contribution in [2.45, 2.75) is 0 Å². The third-order valence-electron chi connectivity index (χ3n) is 2.11. The van der Waals surface area contributed by atoms with Gasteiger partial charge in [-0.05, 0) is 0 Å². The van der Waals surface area contributed by atoms with E-state index in [-0.39, 0.29) is 37.0 Å². The lowest BCUT2D eigenvalue weighted by Gasteiger charge is -2.11. The van der Waals surface area contributed by atoms with Crippen LogP contribution in [0.25, 0.3) is 0 Å². The maximum atomic E-state index is 14.0. The molecule has 0 unspecified atom stereocenters.